The summed E-state index contributed by atoms with van der Waals surface area (Å²) < 4.78 is 55.8. The van der Waals surface area contributed by atoms with Gasteiger partial charge in [-0.2, -0.15) is 13.2 Å². The van der Waals surface area contributed by atoms with Crippen LogP contribution in [-0.2, 0) is 28.6 Å². The maximum atomic E-state index is 15.3. The van der Waals surface area contributed by atoms with Crippen molar-refractivity contribution < 1.29 is 32.3 Å². The molecular formula is C28H28F4N2O3. The fourth-order valence-corrected chi connectivity index (χ4v) is 5.66. The van der Waals surface area contributed by atoms with Gasteiger partial charge in [0.15, 0.2) is 5.67 Å². The second kappa shape index (κ2) is 9.59. The number of carbonyl (C=O) groups is 2. The Hall–Kier alpha value is -3.20. The average molecular weight is 517 g/mol. The minimum Gasteiger partial charge on any atom is -0.393 e. The molecule has 1 atom stereocenters. The van der Waals surface area contributed by atoms with Gasteiger partial charge < -0.3 is 15.3 Å². The molecule has 2 amide bonds. The van der Waals surface area contributed by atoms with Gasteiger partial charge in [0, 0.05) is 30.3 Å². The van der Waals surface area contributed by atoms with Gasteiger partial charge >= 0.3 is 6.18 Å². The predicted molar refractivity (Wildman–Crippen MR) is 132 cm³/mol. The van der Waals surface area contributed by atoms with E-state index >= 15 is 4.39 Å². The van der Waals surface area contributed by atoms with E-state index in [0.717, 1.165) is 28.2 Å². The molecule has 1 aliphatic heterocycles. The van der Waals surface area contributed by atoms with Gasteiger partial charge in [-0.05, 0) is 79.8 Å². The molecular weight excluding hydrogens is 488 g/mol. The number of hydrogen-bond donors (Lipinski definition) is 2. The van der Waals surface area contributed by atoms with Crippen LogP contribution >= 0.6 is 0 Å². The number of nitrogens with zero attached hydrogens (tertiary/aromatic N) is 1. The van der Waals surface area contributed by atoms with Crippen molar-refractivity contribution in [3.05, 3.63) is 64.7 Å². The van der Waals surface area contributed by atoms with E-state index in [-0.39, 0.29) is 31.5 Å². The van der Waals surface area contributed by atoms with Gasteiger partial charge in [0.2, 0.25) is 5.91 Å². The van der Waals surface area contributed by atoms with Crippen LogP contribution in [0.4, 0.5) is 28.9 Å². The lowest BCUT2D eigenvalue weighted by Crippen LogP contribution is -2.47. The lowest BCUT2D eigenvalue weighted by Gasteiger charge is -2.35. The largest absolute Gasteiger partial charge is 0.416 e. The summed E-state index contributed by atoms with van der Waals surface area (Å²) in [6, 6.07) is 8.56. The van der Waals surface area contributed by atoms with E-state index in [1.807, 2.05) is 12.1 Å². The lowest BCUT2D eigenvalue weighted by molar-refractivity contribution is -0.137. The molecule has 196 valence electrons. The van der Waals surface area contributed by atoms with Gasteiger partial charge in [-0.1, -0.05) is 18.2 Å². The van der Waals surface area contributed by atoms with Crippen LogP contribution in [0.5, 0.6) is 0 Å². The first kappa shape index (κ1) is 25.4. The Morgan fingerprint density at radius 1 is 1.11 bits per heavy atom. The number of halogens is 4. The van der Waals surface area contributed by atoms with Crippen molar-refractivity contribution in [2.45, 2.75) is 69.3 Å². The maximum absolute atomic E-state index is 15.3. The summed E-state index contributed by atoms with van der Waals surface area (Å²) in [5.74, 6) is -1.28. The van der Waals surface area contributed by atoms with Crippen molar-refractivity contribution in [2.24, 2.45) is 0 Å². The summed E-state index contributed by atoms with van der Waals surface area (Å²) in [5.41, 5.74) is 0.218. The molecule has 5 nitrogen and oxygen atoms in total. The number of carbonyl (C=O) groups excluding carboxylic acids is 2. The fourth-order valence-electron chi connectivity index (χ4n) is 5.66. The van der Waals surface area contributed by atoms with Gasteiger partial charge in [0.05, 0.1) is 17.4 Å². The number of benzene rings is 2. The monoisotopic (exact) mass is 516 g/mol. The maximum Gasteiger partial charge on any atom is 0.416 e. The number of anilines is 2. The van der Waals surface area contributed by atoms with Gasteiger partial charge in [-0.15, -0.1) is 0 Å². The molecule has 0 aromatic heterocycles. The molecule has 1 saturated carbocycles. The Morgan fingerprint density at radius 3 is 2.59 bits per heavy atom. The third kappa shape index (κ3) is 5.01. The number of alkyl halides is 4. The molecule has 0 radical (unpaired) electrons. The Morgan fingerprint density at radius 2 is 1.86 bits per heavy atom. The molecule has 0 spiro atoms. The van der Waals surface area contributed by atoms with Gasteiger partial charge in [-0.25, -0.2) is 4.39 Å². The topological polar surface area (TPSA) is 69.6 Å². The molecule has 0 saturated heterocycles. The molecule has 2 aromatic rings. The van der Waals surface area contributed by atoms with Crippen LogP contribution in [0, 0.1) is 0 Å². The molecule has 1 fully saturated rings. The SMILES string of the molecule is O=C(C=C1CCN(C(=O)C2(F)CCCC2)c2cc(C(F)(F)F)ccc21)Nc1cccc2c1CC(O)CC2. The Balaban J connectivity index is 1.47. The van der Waals surface area contributed by atoms with Gasteiger partial charge in [0.1, 0.15) is 0 Å². The summed E-state index contributed by atoms with van der Waals surface area (Å²) in [6.45, 7) is -0.0230. The van der Waals surface area contributed by atoms with E-state index in [4.69, 9.17) is 0 Å². The zero-order valence-corrected chi connectivity index (χ0v) is 20.2. The molecule has 37 heavy (non-hydrogen) atoms. The number of rotatable bonds is 3. The highest BCUT2D eigenvalue weighted by molar-refractivity contribution is 6.08. The molecule has 1 unspecified atom stereocenters. The number of nitrogens with one attached hydrogen (secondary N) is 1. The highest BCUT2D eigenvalue weighted by Crippen LogP contribution is 2.43. The first-order valence-corrected chi connectivity index (χ1v) is 12.6. The molecule has 2 N–H and O–H groups in total. The molecule has 1 heterocycles. The zero-order chi connectivity index (χ0) is 26.4. The number of fused-ring (bicyclic) bond motifs is 2. The summed E-state index contributed by atoms with van der Waals surface area (Å²) in [5, 5.41) is 12.9. The van der Waals surface area contributed by atoms with E-state index in [2.05, 4.69) is 5.32 Å². The number of aliphatic hydroxyl groups excluding tert-OH is 1. The molecule has 9 heteroatoms. The van der Waals surface area contributed by atoms with Crippen LogP contribution in [0.1, 0.15) is 60.8 Å². The van der Waals surface area contributed by atoms with E-state index < -0.39 is 35.3 Å². The van der Waals surface area contributed by atoms with Crippen molar-refractivity contribution in [1.82, 2.24) is 0 Å². The van der Waals surface area contributed by atoms with E-state index in [1.165, 1.54) is 12.1 Å². The normalized spacial score (nSPS) is 21.9. The second-order valence-electron chi connectivity index (χ2n) is 10.1. The molecule has 0 bridgehead atoms. The zero-order valence-electron chi connectivity index (χ0n) is 20.2. The number of aryl methyl sites for hydroxylation is 1. The number of aliphatic hydroxyl groups is 1. The first-order valence-electron chi connectivity index (χ1n) is 12.6. The second-order valence-corrected chi connectivity index (χ2v) is 10.1. The van der Waals surface area contributed by atoms with Crippen LogP contribution in [-0.4, -0.2) is 35.2 Å². The van der Waals surface area contributed by atoms with Crippen molar-refractivity contribution in [2.75, 3.05) is 16.8 Å². The summed E-state index contributed by atoms with van der Waals surface area (Å²) >= 11 is 0. The van der Waals surface area contributed by atoms with Crippen molar-refractivity contribution >= 4 is 28.8 Å². The highest BCUT2D eigenvalue weighted by atomic mass is 19.4. The van der Waals surface area contributed by atoms with Crippen molar-refractivity contribution in [3.63, 3.8) is 0 Å². The van der Waals surface area contributed by atoms with Crippen LogP contribution < -0.4 is 10.2 Å². The fraction of sp³-hybridized carbons (Fsp3) is 0.429. The molecule has 2 aliphatic carbocycles. The van der Waals surface area contributed by atoms with Crippen LogP contribution in [0.25, 0.3) is 5.57 Å². The van der Waals surface area contributed by atoms with E-state index in [1.54, 1.807) is 6.07 Å². The minimum atomic E-state index is -4.64. The summed E-state index contributed by atoms with van der Waals surface area (Å²) in [6.07, 6.45) is -0.611. The standard InChI is InChI=1S/C28H28F4N2O3/c29-27(11-1-2-12-27)26(37)34-13-10-18(21-9-7-19(15-24(21)34)28(30,31)32)14-25(36)33-23-5-3-4-17-6-8-20(35)16-22(17)23/h3-5,7,9,14-15,20,35H,1-2,6,8,10-13,16H2,(H,33,36). The molecule has 2 aromatic carbocycles. The lowest BCUT2D eigenvalue weighted by atomic mass is 9.88. The highest BCUT2D eigenvalue weighted by Gasteiger charge is 2.46. The minimum absolute atomic E-state index is 0.0230. The summed E-state index contributed by atoms with van der Waals surface area (Å²) in [7, 11) is 0. The molecule has 3 aliphatic rings. The third-order valence-corrected chi connectivity index (χ3v) is 7.61. The van der Waals surface area contributed by atoms with Crippen LogP contribution in [0.3, 0.4) is 0 Å². The predicted octanol–water partition coefficient (Wildman–Crippen LogP) is 5.60. The Labute approximate surface area is 212 Å². The van der Waals surface area contributed by atoms with Crippen LogP contribution in [0.15, 0.2) is 42.5 Å². The van der Waals surface area contributed by atoms with Crippen molar-refractivity contribution in [3.8, 4) is 0 Å². The average Bonchev–Trinajstić information content (AvgIpc) is 3.31. The van der Waals surface area contributed by atoms with Gasteiger partial charge in [0.25, 0.3) is 5.91 Å². The van der Waals surface area contributed by atoms with Gasteiger partial charge in [-0.3, -0.25) is 9.59 Å². The Bertz CT molecular complexity index is 1260. The number of hydrogen-bond acceptors (Lipinski definition) is 3. The van der Waals surface area contributed by atoms with Crippen molar-refractivity contribution in [1.29, 1.82) is 0 Å². The number of amides is 2. The summed E-state index contributed by atoms with van der Waals surface area (Å²) in [4.78, 5) is 27.2. The quantitative estimate of drug-likeness (QED) is 0.413. The first-order chi connectivity index (χ1) is 17.5. The van der Waals surface area contributed by atoms with E-state index in [0.29, 0.717) is 48.9 Å². The Kier molecular flexibility index (Phi) is 6.60. The van der Waals surface area contributed by atoms with E-state index in [9.17, 15) is 27.9 Å². The van der Waals surface area contributed by atoms with Crippen LogP contribution in [0.2, 0.25) is 0 Å². The molecule has 5 rings (SSSR count). The smallest absolute Gasteiger partial charge is 0.393 e. The third-order valence-electron chi connectivity index (χ3n) is 7.61.